The lowest BCUT2D eigenvalue weighted by molar-refractivity contribution is 0.511. The van der Waals surface area contributed by atoms with E-state index in [1.165, 1.54) is 6.07 Å². The van der Waals surface area contributed by atoms with E-state index < -0.39 is 11.6 Å². The number of pyridine rings is 1. The second-order valence-electron chi connectivity index (χ2n) is 4.84. The molecule has 3 aromatic rings. The van der Waals surface area contributed by atoms with Gasteiger partial charge in [-0.15, -0.1) is 0 Å². The van der Waals surface area contributed by atoms with Crippen LogP contribution in [0.15, 0.2) is 24.4 Å². The van der Waals surface area contributed by atoms with Crippen LogP contribution in [-0.2, 0) is 0 Å². The molecule has 0 bridgehead atoms. The van der Waals surface area contributed by atoms with Crippen molar-refractivity contribution in [2.24, 2.45) is 0 Å². The summed E-state index contributed by atoms with van der Waals surface area (Å²) in [7, 11) is 1.70. The average Bonchev–Trinajstić information content (AvgIpc) is 2.49. The molecule has 3 N–H and O–H groups in total. The quantitative estimate of drug-likeness (QED) is 0.712. The Morgan fingerprint density at radius 1 is 1.09 bits per heavy atom. The highest BCUT2D eigenvalue weighted by Crippen LogP contribution is 2.30. The van der Waals surface area contributed by atoms with Crippen LogP contribution in [0.2, 0.25) is 0 Å². The number of fused-ring (bicyclic) bond motifs is 1. The molecule has 0 fully saturated rings. The van der Waals surface area contributed by atoms with Crippen LogP contribution in [-0.4, -0.2) is 22.0 Å². The van der Waals surface area contributed by atoms with Crippen molar-refractivity contribution < 1.29 is 8.78 Å². The van der Waals surface area contributed by atoms with Gasteiger partial charge in [0.1, 0.15) is 0 Å². The first-order valence-corrected chi connectivity index (χ1v) is 6.56. The van der Waals surface area contributed by atoms with E-state index in [1.54, 1.807) is 26.2 Å². The molecule has 0 radical (unpaired) electrons. The molecule has 0 aliphatic heterocycles. The second kappa shape index (κ2) is 5.18. The molecule has 22 heavy (non-hydrogen) atoms. The molecule has 1 aromatic carbocycles. The lowest BCUT2D eigenvalue weighted by Crippen LogP contribution is -2.00. The summed E-state index contributed by atoms with van der Waals surface area (Å²) < 4.78 is 27.6. The van der Waals surface area contributed by atoms with E-state index in [4.69, 9.17) is 5.73 Å². The minimum atomic E-state index is -0.990. The molecule has 0 saturated heterocycles. The number of halogens is 2. The Kier molecular flexibility index (Phi) is 3.32. The summed E-state index contributed by atoms with van der Waals surface area (Å²) in [6.07, 6.45) is 1.57. The maximum Gasteiger partial charge on any atom is 0.224 e. The third kappa shape index (κ3) is 2.30. The number of rotatable bonds is 2. The number of anilines is 2. The number of benzene rings is 1. The molecule has 0 aliphatic carbocycles. The highest BCUT2D eigenvalue weighted by atomic mass is 19.2. The highest BCUT2D eigenvalue weighted by Gasteiger charge is 2.15. The number of aromatic nitrogens is 3. The van der Waals surface area contributed by atoms with Crippen LogP contribution in [0, 0.1) is 18.6 Å². The number of nitrogen functional groups attached to an aromatic ring is 1. The van der Waals surface area contributed by atoms with Crippen LogP contribution in [0.5, 0.6) is 0 Å². The molecule has 0 spiro atoms. The van der Waals surface area contributed by atoms with Crippen LogP contribution in [0.1, 0.15) is 5.69 Å². The lowest BCUT2D eigenvalue weighted by atomic mass is 10.0. The first-order valence-electron chi connectivity index (χ1n) is 6.56. The third-order valence-corrected chi connectivity index (χ3v) is 3.32. The summed E-state index contributed by atoms with van der Waals surface area (Å²) in [4.78, 5) is 12.7. The Morgan fingerprint density at radius 3 is 2.59 bits per heavy atom. The summed E-state index contributed by atoms with van der Waals surface area (Å²) in [5, 5.41) is 3.45. The number of hydrogen-bond donors (Lipinski definition) is 2. The summed E-state index contributed by atoms with van der Waals surface area (Å²) in [5.74, 6) is -1.50. The van der Waals surface area contributed by atoms with Crippen molar-refractivity contribution in [3.8, 4) is 11.1 Å². The van der Waals surface area contributed by atoms with Gasteiger partial charge in [0, 0.05) is 41.1 Å². The van der Waals surface area contributed by atoms with Crippen LogP contribution in [0.4, 0.5) is 20.4 Å². The van der Waals surface area contributed by atoms with Gasteiger partial charge >= 0.3 is 0 Å². The first kappa shape index (κ1) is 14.1. The molecule has 0 atom stereocenters. The van der Waals surface area contributed by atoms with Crippen molar-refractivity contribution in [1.82, 2.24) is 15.0 Å². The van der Waals surface area contributed by atoms with Crippen molar-refractivity contribution in [3.05, 3.63) is 41.7 Å². The van der Waals surface area contributed by atoms with Crippen LogP contribution in [0.25, 0.3) is 22.2 Å². The van der Waals surface area contributed by atoms with E-state index in [2.05, 4.69) is 20.3 Å². The fourth-order valence-corrected chi connectivity index (χ4v) is 2.25. The fourth-order valence-electron chi connectivity index (χ4n) is 2.25. The Hall–Kier alpha value is -2.83. The fraction of sp³-hybridized carbons (Fsp3) is 0.133. The van der Waals surface area contributed by atoms with Gasteiger partial charge in [0.15, 0.2) is 17.3 Å². The molecule has 2 aromatic heterocycles. The zero-order chi connectivity index (χ0) is 15.9. The van der Waals surface area contributed by atoms with E-state index in [0.717, 1.165) is 6.07 Å². The minimum Gasteiger partial charge on any atom is -0.399 e. The largest absolute Gasteiger partial charge is 0.399 e. The lowest BCUT2D eigenvalue weighted by Gasteiger charge is -2.10. The topological polar surface area (TPSA) is 76.7 Å². The first-order chi connectivity index (χ1) is 10.5. The van der Waals surface area contributed by atoms with Gasteiger partial charge in [-0.1, -0.05) is 0 Å². The maximum atomic E-state index is 14.1. The van der Waals surface area contributed by atoms with E-state index >= 15 is 0 Å². The molecule has 112 valence electrons. The van der Waals surface area contributed by atoms with Gasteiger partial charge in [-0.2, -0.15) is 4.98 Å². The number of nitrogens with zero attached hydrogens (tertiary/aromatic N) is 3. The molecule has 2 heterocycles. The maximum absolute atomic E-state index is 14.1. The van der Waals surface area contributed by atoms with Gasteiger partial charge in [0.25, 0.3) is 0 Å². The zero-order valence-corrected chi connectivity index (χ0v) is 12.0. The Morgan fingerprint density at radius 2 is 1.86 bits per heavy atom. The Bertz CT molecular complexity index is 879. The Balaban J connectivity index is 2.26. The van der Waals surface area contributed by atoms with Crippen LogP contribution < -0.4 is 11.1 Å². The van der Waals surface area contributed by atoms with Gasteiger partial charge in [-0.25, -0.2) is 18.7 Å². The third-order valence-electron chi connectivity index (χ3n) is 3.32. The van der Waals surface area contributed by atoms with E-state index in [-0.39, 0.29) is 11.3 Å². The van der Waals surface area contributed by atoms with E-state index in [0.29, 0.717) is 28.2 Å². The normalized spacial score (nSPS) is 10.9. The predicted molar refractivity (Wildman–Crippen MR) is 81.4 cm³/mol. The van der Waals surface area contributed by atoms with Gasteiger partial charge < -0.3 is 11.1 Å². The number of nitrogens with one attached hydrogen (secondary N) is 1. The van der Waals surface area contributed by atoms with Crippen molar-refractivity contribution in [1.29, 1.82) is 0 Å². The van der Waals surface area contributed by atoms with Gasteiger partial charge in [0.2, 0.25) is 5.95 Å². The number of aryl methyl sites for hydroxylation is 1. The van der Waals surface area contributed by atoms with Gasteiger partial charge in [-0.3, -0.25) is 0 Å². The molecule has 0 saturated carbocycles. The van der Waals surface area contributed by atoms with E-state index in [9.17, 15) is 8.78 Å². The van der Waals surface area contributed by atoms with Crippen LogP contribution >= 0.6 is 0 Å². The average molecular weight is 301 g/mol. The molecule has 7 heteroatoms. The van der Waals surface area contributed by atoms with Crippen LogP contribution in [0.3, 0.4) is 0 Å². The molecule has 0 unspecified atom stereocenters. The van der Waals surface area contributed by atoms with Crippen molar-refractivity contribution >= 4 is 22.7 Å². The number of hydrogen-bond acceptors (Lipinski definition) is 5. The summed E-state index contributed by atoms with van der Waals surface area (Å²) in [5.41, 5.74) is 7.28. The zero-order valence-electron chi connectivity index (χ0n) is 12.0. The molecule has 5 nitrogen and oxygen atoms in total. The summed E-state index contributed by atoms with van der Waals surface area (Å²) in [6.45, 7) is 1.70. The van der Waals surface area contributed by atoms with Crippen molar-refractivity contribution in [2.75, 3.05) is 18.1 Å². The molecular weight excluding hydrogens is 288 g/mol. The minimum absolute atomic E-state index is 0.0714. The predicted octanol–water partition coefficient (Wildman–Crippen LogP) is 2.90. The summed E-state index contributed by atoms with van der Waals surface area (Å²) in [6, 6.07) is 4.01. The molecular formula is C15H13F2N5. The molecule has 0 aliphatic rings. The number of nitrogens with two attached hydrogens (primary N) is 1. The standard InChI is InChI=1S/C15H13F2N5/c1-7-10(11-4-9(18)5-12(16)13(11)17)3-8-6-20-15(19-2)22-14(8)21-7/h3-6H,18H2,1-2H3,(H,19,20,21,22). The van der Waals surface area contributed by atoms with Crippen molar-refractivity contribution in [2.45, 2.75) is 6.92 Å². The Labute approximate surface area is 125 Å². The van der Waals surface area contributed by atoms with Gasteiger partial charge in [0.05, 0.1) is 0 Å². The second-order valence-corrected chi connectivity index (χ2v) is 4.84. The monoisotopic (exact) mass is 301 g/mol. The summed E-state index contributed by atoms with van der Waals surface area (Å²) >= 11 is 0. The molecule has 3 rings (SSSR count). The highest BCUT2D eigenvalue weighted by molar-refractivity contribution is 5.83. The van der Waals surface area contributed by atoms with Crippen molar-refractivity contribution in [3.63, 3.8) is 0 Å². The smallest absolute Gasteiger partial charge is 0.224 e. The molecule has 0 amide bonds. The van der Waals surface area contributed by atoms with Gasteiger partial charge in [-0.05, 0) is 25.1 Å². The SMILES string of the molecule is CNc1ncc2cc(-c3cc(N)cc(F)c3F)c(C)nc2n1. The van der Waals surface area contributed by atoms with E-state index in [1.807, 2.05) is 0 Å².